The van der Waals surface area contributed by atoms with Gasteiger partial charge in [0.05, 0.1) is 19.8 Å². The van der Waals surface area contributed by atoms with Crippen LogP contribution < -0.4 is 20.5 Å². The molecule has 2 rings (SSSR count). The summed E-state index contributed by atoms with van der Waals surface area (Å²) in [4.78, 5) is 12.3. The number of Topliss-reactive ketones (excluding diaryl/α,β-unsaturated/α-hetero) is 1. The van der Waals surface area contributed by atoms with E-state index < -0.39 is 6.04 Å². The zero-order valence-electron chi connectivity index (χ0n) is 12.0. The Kier molecular flexibility index (Phi) is 4.98. The van der Waals surface area contributed by atoms with Crippen LogP contribution in [0.5, 0.6) is 11.5 Å². The summed E-state index contributed by atoms with van der Waals surface area (Å²) in [6.45, 7) is 3.83. The first-order chi connectivity index (χ1) is 9.67. The van der Waals surface area contributed by atoms with Gasteiger partial charge in [0.15, 0.2) is 17.3 Å². The molecule has 2 atom stereocenters. The quantitative estimate of drug-likeness (QED) is 0.850. The van der Waals surface area contributed by atoms with Crippen LogP contribution in [0.25, 0.3) is 0 Å². The number of hydrogen-bond donors (Lipinski definition) is 1. The van der Waals surface area contributed by atoms with Crippen molar-refractivity contribution in [3.8, 4) is 11.5 Å². The van der Waals surface area contributed by atoms with Crippen molar-refractivity contribution in [1.82, 2.24) is 5.32 Å². The maximum absolute atomic E-state index is 12.3. The lowest BCUT2D eigenvalue weighted by Gasteiger charge is -2.17. The zero-order chi connectivity index (χ0) is 14.5. The van der Waals surface area contributed by atoms with E-state index in [1.54, 1.807) is 19.2 Å². The Morgan fingerprint density at radius 2 is 2.30 bits per heavy atom. The number of methoxy groups -OCH3 is 1. The topological polar surface area (TPSA) is 75.7 Å². The van der Waals surface area contributed by atoms with Crippen molar-refractivity contribution < 1.29 is 14.3 Å². The van der Waals surface area contributed by atoms with Gasteiger partial charge in [0, 0.05) is 19.0 Å². The molecule has 1 fully saturated rings. The molecule has 109 valence electrons. The molecule has 1 heterocycles. The highest BCUT2D eigenvalue weighted by atomic mass is 16.5. The summed E-state index contributed by atoms with van der Waals surface area (Å²) < 4.78 is 10.7. The molecule has 1 radical (unpaired) electrons. The largest absolute Gasteiger partial charge is 0.493 e. The Balaban J connectivity index is 2.16. The highest BCUT2D eigenvalue weighted by molar-refractivity contribution is 5.87. The molecule has 0 amide bonds. The molecule has 0 aromatic heterocycles. The summed E-state index contributed by atoms with van der Waals surface area (Å²) >= 11 is 0. The van der Waals surface area contributed by atoms with Crippen molar-refractivity contribution in [3.63, 3.8) is 0 Å². The number of benzene rings is 1. The predicted octanol–water partition coefficient (Wildman–Crippen LogP) is 1.29. The summed E-state index contributed by atoms with van der Waals surface area (Å²) in [6.07, 6.45) is 0.806. The SMILES string of the molecule is CCOc1ccc(C(N)C(=O)C2CC[N]C2)cc1OC. The van der Waals surface area contributed by atoms with E-state index in [4.69, 9.17) is 15.2 Å². The lowest BCUT2D eigenvalue weighted by Crippen LogP contribution is -2.28. The van der Waals surface area contributed by atoms with Gasteiger partial charge in [0.1, 0.15) is 0 Å². The fourth-order valence-electron chi connectivity index (χ4n) is 2.39. The average molecular weight is 277 g/mol. The van der Waals surface area contributed by atoms with Crippen LogP contribution in [0.4, 0.5) is 0 Å². The summed E-state index contributed by atoms with van der Waals surface area (Å²) in [7, 11) is 1.57. The third-order valence-electron chi connectivity index (χ3n) is 3.54. The highest BCUT2D eigenvalue weighted by Crippen LogP contribution is 2.31. The second-order valence-corrected chi connectivity index (χ2v) is 4.84. The molecule has 0 bridgehead atoms. The van der Waals surface area contributed by atoms with Gasteiger partial charge in [-0.3, -0.25) is 4.79 Å². The molecule has 5 nitrogen and oxygen atoms in total. The average Bonchev–Trinajstić information content (AvgIpc) is 3.00. The third kappa shape index (κ3) is 3.11. The molecule has 1 saturated heterocycles. The second kappa shape index (κ2) is 6.72. The molecule has 1 aromatic carbocycles. The molecule has 2 unspecified atom stereocenters. The van der Waals surface area contributed by atoms with Crippen LogP contribution in [0.1, 0.15) is 24.9 Å². The van der Waals surface area contributed by atoms with Crippen molar-refractivity contribution in [1.29, 1.82) is 0 Å². The fourth-order valence-corrected chi connectivity index (χ4v) is 2.39. The number of carbonyl (C=O) groups excluding carboxylic acids is 1. The van der Waals surface area contributed by atoms with Crippen molar-refractivity contribution >= 4 is 5.78 Å². The number of ether oxygens (including phenoxy) is 2. The van der Waals surface area contributed by atoms with E-state index in [-0.39, 0.29) is 11.7 Å². The third-order valence-corrected chi connectivity index (χ3v) is 3.54. The molecule has 1 aromatic rings. The monoisotopic (exact) mass is 277 g/mol. The number of ketones is 1. The zero-order valence-corrected chi connectivity index (χ0v) is 12.0. The van der Waals surface area contributed by atoms with Gasteiger partial charge in [-0.05, 0) is 31.0 Å². The van der Waals surface area contributed by atoms with Gasteiger partial charge in [-0.25, -0.2) is 5.32 Å². The standard InChI is InChI=1S/C15H21N2O3/c1-3-20-12-5-4-10(8-13(12)19-2)14(16)15(18)11-6-7-17-9-11/h4-5,8,11,14H,3,6-7,9,16H2,1-2H3. The maximum Gasteiger partial charge on any atom is 0.161 e. The van der Waals surface area contributed by atoms with Gasteiger partial charge in [0.2, 0.25) is 0 Å². The highest BCUT2D eigenvalue weighted by Gasteiger charge is 2.28. The van der Waals surface area contributed by atoms with Crippen molar-refractivity contribution in [2.75, 3.05) is 26.8 Å². The predicted molar refractivity (Wildman–Crippen MR) is 76.1 cm³/mol. The van der Waals surface area contributed by atoms with Crippen LogP contribution in [-0.4, -0.2) is 32.6 Å². The van der Waals surface area contributed by atoms with E-state index in [1.807, 2.05) is 13.0 Å². The van der Waals surface area contributed by atoms with Crippen molar-refractivity contribution in [2.24, 2.45) is 11.7 Å². The molecule has 5 heteroatoms. The fraction of sp³-hybridized carbons (Fsp3) is 0.533. The molecular formula is C15H21N2O3. The van der Waals surface area contributed by atoms with Gasteiger partial charge in [-0.1, -0.05) is 6.07 Å². The van der Waals surface area contributed by atoms with E-state index in [2.05, 4.69) is 5.32 Å². The Labute approximate surface area is 119 Å². The lowest BCUT2D eigenvalue weighted by atomic mass is 9.93. The Morgan fingerprint density at radius 1 is 1.50 bits per heavy atom. The van der Waals surface area contributed by atoms with Gasteiger partial charge >= 0.3 is 0 Å². The molecular weight excluding hydrogens is 256 g/mol. The minimum atomic E-state index is -0.627. The Hall–Kier alpha value is -1.59. The van der Waals surface area contributed by atoms with E-state index in [0.29, 0.717) is 24.7 Å². The number of nitrogens with zero attached hydrogens (tertiary/aromatic N) is 1. The van der Waals surface area contributed by atoms with Crippen LogP contribution in [0.3, 0.4) is 0 Å². The van der Waals surface area contributed by atoms with Crippen molar-refractivity contribution in [2.45, 2.75) is 19.4 Å². The molecule has 20 heavy (non-hydrogen) atoms. The van der Waals surface area contributed by atoms with Crippen LogP contribution in [0, 0.1) is 5.92 Å². The number of hydrogen-bond acceptors (Lipinski definition) is 4. The maximum atomic E-state index is 12.3. The smallest absolute Gasteiger partial charge is 0.161 e. The first-order valence-corrected chi connectivity index (χ1v) is 6.90. The summed E-state index contributed by atoms with van der Waals surface area (Å²) in [5.74, 6) is 1.28. The number of carbonyl (C=O) groups is 1. The first-order valence-electron chi connectivity index (χ1n) is 6.90. The molecule has 1 aliphatic rings. The van der Waals surface area contributed by atoms with Gasteiger partial charge < -0.3 is 15.2 Å². The van der Waals surface area contributed by atoms with Crippen LogP contribution in [0.2, 0.25) is 0 Å². The number of nitrogens with two attached hydrogens (primary N) is 1. The normalized spacial score (nSPS) is 19.6. The van der Waals surface area contributed by atoms with Gasteiger partial charge in [0.25, 0.3) is 0 Å². The summed E-state index contributed by atoms with van der Waals surface area (Å²) in [5.41, 5.74) is 6.83. The van der Waals surface area contributed by atoms with Crippen LogP contribution >= 0.6 is 0 Å². The van der Waals surface area contributed by atoms with Gasteiger partial charge in [-0.15, -0.1) is 0 Å². The summed E-state index contributed by atoms with van der Waals surface area (Å²) in [5, 5.41) is 4.21. The number of rotatable bonds is 6. The van der Waals surface area contributed by atoms with Crippen molar-refractivity contribution in [3.05, 3.63) is 23.8 Å². The minimum absolute atomic E-state index is 0.0393. The minimum Gasteiger partial charge on any atom is -0.493 e. The van der Waals surface area contributed by atoms with Crippen LogP contribution in [0.15, 0.2) is 18.2 Å². The molecule has 0 saturated carbocycles. The molecule has 2 N–H and O–H groups in total. The second-order valence-electron chi connectivity index (χ2n) is 4.84. The van der Waals surface area contributed by atoms with E-state index in [0.717, 1.165) is 18.5 Å². The van der Waals surface area contributed by atoms with E-state index in [9.17, 15) is 4.79 Å². The van der Waals surface area contributed by atoms with Crippen LogP contribution in [-0.2, 0) is 4.79 Å². The first kappa shape index (κ1) is 14.8. The molecule has 1 aliphatic heterocycles. The Morgan fingerprint density at radius 3 is 2.90 bits per heavy atom. The lowest BCUT2D eigenvalue weighted by molar-refractivity contribution is -0.123. The summed E-state index contributed by atoms with van der Waals surface area (Å²) in [6, 6.07) is 4.77. The van der Waals surface area contributed by atoms with Gasteiger partial charge in [-0.2, -0.15) is 0 Å². The Bertz CT molecular complexity index is 470. The molecule has 0 spiro atoms. The van der Waals surface area contributed by atoms with E-state index >= 15 is 0 Å². The van der Waals surface area contributed by atoms with E-state index in [1.165, 1.54) is 0 Å². The molecule has 0 aliphatic carbocycles.